The Kier molecular flexibility index (Phi) is 4.21. The molecule has 2 aromatic carbocycles. The minimum Gasteiger partial charge on any atom is -0.308 e. The summed E-state index contributed by atoms with van der Waals surface area (Å²) in [4.78, 5) is 31.6. The average molecular weight is 415 g/mol. The standard InChI is InChI=1S/C17H10IN3O2/c18-13-7-3-1-5-10(13)15(22)12(9-19)16-20-14-8-4-2-6-11(14)17(23)21-16/h1-8,12H,(H,20,21,23). The van der Waals surface area contributed by atoms with Crippen LogP contribution < -0.4 is 5.56 Å². The number of carbonyl (C=O) groups excluding carboxylic acids is 1. The summed E-state index contributed by atoms with van der Waals surface area (Å²) < 4.78 is 0.749. The number of aromatic nitrogens is 2. The number of hydrogen-bond donors (Lipinski definition) is 1. The monoisotopic (exact) mass is 415 g/mol. The molecule has 3 aromatic rings. The zero-order valence-electron chi connectivity index (χ0n) is 11.8. The number of Topliss-reactive ketones (excluding diaryl/α,β-unsaturated/α-hetero) is 1. The average Bonchev–Trinajstić information content (AvgIpc) is 2.56. The van der Waals surface area contributed by atoms with E-state index in [1.54, 1.807) is 42.5 Å². The second kappa shape index (κ2) is 6.30. The highest BCUT2D eigenvalue weighted by Crippen LogP contribution is 2.21. The second-order valence-electron chi connectivity index (χ2n) is 4.87. The number of carbonyl (C=O) groups is 1. The van der Waals surface area contributed by atoms with Crippen LogP contribution >= 0.6 is 22.6 Å². The highest BCUT2D eigenvalue weighted by atomic mass is 127. The van der Waals surface area contributed by atoms with Gasteiger partial charge >= 0.3 is 0 Å². The fraction of sp³-hybridized carbons (Fsp3) is 0.0588. The van der Waals surface area contributed by atoms with E-state index in [4.69, 9.17) is 0 Å². The molecule has 23 heavy (non-hydrogen) atoms. The number of rotatable bonds is 3. The summed E-state index contributed by atoms with van der Waals surface area (Å²) in [5.41, 5.74) is 0.541. The second-order valence-corrected chi connectivity index (χ2v) is 6.04. The normalized spacial score (nSPS) is 11.8. The van der Waals surface area contributed by atoms with Gasteiger partial charge in [-0.3, -0.25) is 9.59 Å². The van der Waals surface area contributed by atoms with Crippen LogP contribution in [0.2, 0.25) is 0 Å². The van der Waals surface area contributed by atoms with Crippen LogP contribution in [0.25, 0.3) is 10.9 Å². The molecule has 1 atom stereocenters. The van der Waals surface area contributed by atoms with Gasteiger partial charge in [0.1, 0.15) is 5.82 Å². The molecule has 1 aromatic heterocycles. The van der Waals surface area contributed by atoms with Gasteiger partial charge in [-0.25, -0.2) is 4.98 Å². The number of ketones is 1. The van der Waals surface area contributed by atoms with Crippen molar-refractivity contribution >= 4 is 39.3 Å². The number of halogens is 1. The molecule has 112 valence electrons. The van der Waals surface area contributed by atoms with Crippen LogP contribution in [0.1, 0.15) is 22.1 Å². The van der Waals surface area contributed by atoms with E-state index in [2.05, 4.69) is 9.97 Å². The molecule has 0 saturated heterocycles. The Hall–Kier alpha value is -2.53. The van der Waals surface area contributed by atoms with Gasteiger partial charge in [-0.1, -0.05) is 30.3 Å². The molecule has 0 fully saturated rings. The van der Waals surface area contributed by atoms with Gasteiger partial charge in [0.2, 0.25) is 0 Å². The van der Waals surface area contributed by atoms with Crippen LogP contribution in [0.4, 0.5) is 0 Å². The molecule has 0 aliphatic rings. The van der Waals surface area contributed by atoms with E-state index in [1.807, 2.05) is 34.7 Å². The quantitative estimate of drug-likeness (QED) is 0.527. The summed E-state index contributed by atoms with van der Waals surface area (Å²) >= 11 is 2.04. The number of nitriles is 1. The molecule has 5 nitrogen and oxygen atoms in total. The molecule has 1 N–H and O–H groups in total. The molecule has 6 heteroatoms. The van der Waals surface area contributed by atoms with E-state index in [1.165, 1.54) is 0 Å². The summed E-state index contributed by atoms with van der Waals surface area (Å²) in [6.45, 7) is 0. The third-order valence-corrected chi connectivity index (χ3v) is 4.38. The van der Waals surface area contributed by atoms with Gasteiger partial charge in [0, 0.05) is 9.13 Å². The molecule has 0 amide bonds. The van der Waals surface area contributed by atoms with Crippen molar-refractivity contribution in [1.82, 2.24) is 9.97 Å². The molecule has 0 spiro atoms. The molecule has 1 heterocycles. The number of H-pyrrole nitrogens is 1. The molecular formula is C17H10IN3O2. The van der Waals surface area contributed by atoms with Gasteiger partial charge in [-0.2, -0.15) is 5.26 Å². The molecule has 1 unspecified atom stereocenters. The summed E-state index contributed by atoms with van der Waals surface area (Å²) in [7, 11) is 0. The lowest BCUT2D eigenvalue weighted by Crippen LogP contribution is -2.20. The number of benzene rings is 2. The largest absolute Gasteiger partial charge is 0.308 e. The van der Waals surface area contributed by atoms with E-state index < -0.39 is 5.92 Å². The number of hydrogen-bond acceptors (Lipinski definition) is 4. The Morgan fingerprint density at radius 3 is 2.61 bits per heavy atom. The van der Waals surface area contributed by atoms with Crippen LogP contribution in [0.5, 0.6) is 0 Å². The van der Waals surface area contributed by atoms with Crippen LogP contribution in [0, 0.1) is 14.9 Å². The number of nitrogens with zero attached hydrogens (tertiary/aromatic N) is 2. The smallest absolute Gasteiger partial charge is 0.258 e. The van der Waals surface area contributed by atoms with E-state index in [0.29, 0.717) is 16.5 Å². The molecule has 0 aliphatic heterocycles. The molecule has 0 bridgehead atoms. The Bertz CT molecular complexity index is 1000. The van der Waals surface area contributed by atoms with E-state index >= 15 is 0 Å². The zero-order valence-corrected chi connectivity index (χ0v) is 13.9. The predicted octanol–water partition coefficient (Wildman–Crippen LogP) is 3.02. The summed E-state index contributed by atoms with van der Waals surface area (Å²) in [6, 6.07) is 15.8. The first-order chi connectivity index (χ1) is 11.1. The summed E-state index contributed by atoms with van der Waals surface area (Å²) in [5.74, 6) is -1.46. The molecule has 0 saturated carbocycles. The SMILES string of the molecule is N#CC(C(=O)c1ccccc1I)c1nc2ccccc2c(=O)[nH]1. The third-order valence-electron chi connectivity index (χ3n) is 3.44. The van der Waals surface area contributed by atoms with E-state index in [0.717, 1.165) is 3.57 Å². The van der Waals surface area contributed by atoms with Gasteiger partial charge in [0.15, 0.2) is 11.7 Å². The van der Waals surface area contributed by atoms with Crippen molar-refractivity contribution < 1.29 is 4.79 Å². The maximum absolute atomic E-state index is 12.7. The van der Waals surface area contributed by atoms with Gasteiger partial charge < -0.3 is 4.98 Å². The lowest BCUT2D eigenvalue weighted by atomic mass is 9.98. The van der Waals surface area contributed by atoms with Crippen molar-refractivity contribution in [3.8, 4) is 6.07 Å². The maximum atomic E-state index is 12.7. The number of nitrogens with one attached hydrogen (secondary N) is 1. The fourth-order valence-electron chi connectivity index (χ4n) is 2.30. The van der Waals surface area contributed by atoms with Gasteiger partial charge in [0.25, 0.3) is 5.56 Å². The third kappa shape index (κ3) is 2.87. The van der Waals surface area contributed by atoms with Gasteiger partial charge in [-0.05, 0) is 40.8 Å². The van der Waals surface area contributed by atoms with Crippen LogP contribution in [0.15, 0.2) is 53.3 Å². The Labute approximate surface area is 145 Å². The number of aromatic amines is 1. The Morgan fingerprint density at radius 1 is 1.17 bits per heavy atom. The number of para-hydroxylation sites is 1. The van der Waals surface area contributed by atoms with Crippen molar-refractivity contribution in [3.05, 3.63) is 73.8 Å². The maximum Gasteiger partial charge on any atom is 0.258 e. The van der Waals surface area contributed by atoms with Crippen molar-refractivity contribution in [2.75, 3.05) is 0 Å². The van der Waals surface area contributed by atoms with Crippen LogP contribution in [0.3, 0.4) is 0 Å². The lowest BCUT2D eigenvalue weighted by Gasteiger charge is -2.10. The van der Waals surface area contributed by atoms with E-state index in [9.17, 15) is 14.9 Å². The first-order valence-electron chi connectivity index (χ1n) is 6.79. The van der Waals surface area contributed by atoms with Crippen molar-refractivity contribution in [2.45, 2.75) is 5.92 Å². The molecule has 0 radical (unpaired) electrons. The summed E-state index contributed by atoms with van der Waals surface area (Å²) in [6.07, 6.45) is 0. The fourth-order valence-corrected chi connectivity index (χ4v) is 2.95. The highest BCUT2D eigenvalue weighted by molar-refractivity contribution is 14.1. The molecule has 0 aliphatic carbocycles. The van der Waals surface area contributed by atoms with E-state index in [-0.39, 0.29) is 17.2 Å². The minimum absolute atomic E-state index is 0.0702. The van der Waals surface area contributed by atoms with Gasteiger partial charge in [-0.15, -0.1) is 0 Å². The first kappa shape index (κ1) is 15.4. The first-order valence-corrected chi connectivity index (χ1v) is 7.87. The summed E-state index contributed by atoms with van der Waals surface area (Å²) in [5, 5.41) is 9.86. The molecular weight excluding hydrogens is 405 g/mol. The Balaban J connectivity index is 2.12. The predicted molar refractivity (Wildman–Crippen MR) is 94.2 cm³/mol. The van der Waals surface area contributed by atoms with Crippen LogP contribution in [-0.4, -0.2) is 15.8 Å². The lowest BCUT2D eigenvalue weighted by molar-refractivity contribution is 0.0975. The van der Waals surface area contributed by atoms with Crippen molar-refractivity contribution in [3.63, 3.8) is 0 Å². The molecule has 3 rings (SSSR count). The highest BCUT2D eigenvalue weighted by Gasteiger charge is 2.26. The zero-order chi connectivity index (χ0) is 16.4. The minimum atomic E-state index is -1.15. The number of fused-ring (bicyclic) bond motifs is 1. The van der Waals surface area contributed by atoms with Crippen molar-refractivity contribution in [2.24, 2.45) is 0 Å². The Morgan fingerprint density at radius 2 is 1.87 bits per heavy atom. The topological polar surface area (TPSA) is 86.6 Å². The van der Waals surface area contributed by atoms with Gasteiger partial charge in [0.05, 0.1) is 17.0 Å². The van der Waals surface area contributed by atoms with Crippen molar-refractivity contribution in [1.29, 1.82) is 5.26 Å². The van der Waals surface area contributed by atoms with Crippen LogP contribution in [-0.2, 0) is 0 Å².